The molecule has 0 amide bonds. The Morgan fingerprint density at radius 1 is 1.24 bits per heavy atom. The number of benzene rings is 1. The maximum absolute atomic E-state index is 11.9. The lowest BCUT2D eigenvalue weighted by atomic mass is 10.2. The molecule has 7 heteroatoms. The van der Waals surface area contributed by atoms with E-state index in [1.807, 2.05) is 12.1 Å². The highest BCUT2D eigenvalue weighted by atomic mass is 16.7. The Hall–Kier alpha value is -2.54. The van der Waals surface area contributed by atoms with Crippen LogP contribution in [-0.2, 0) is 23.8 Å². The summed E-state index contributed by atoms with van der Waals surface area (Å²) < 4.78 is 21.4. The van der Waals surface area contributed by atoms with Crippen LogP contribution >= 0.6 is 0 Å². The van der Waals surface area contributed by atoms with Gasteiger partial charge in [0.15, 0.2) is 5.57 Å². The van der Waals surface area contributed by atoms with E-state index in [9.17, 15) is 9.59 Å². The number of carbonyl (C=O) groups excluding carboxylic acids is 2. The number of carbonyl (C=O) groups is 2. The van der Waals surface area contributed by atoms with Crippen LogP contribution in [-0.4, -0.2) is 37.0 Å². The van der Waals surface area contributed by atoms with Crippen molar-refractivity contribution in [2.24, 2.45) is 0 Å². The molecule has 3 rings (SSSR count). The number of nitrogens with one attached hydrogen (secondary N) is 1. The normalized spacial score (nSPS) is 22.2. The van der Waals surface area contributed by atoms with Gasteiger partial charge in [-0.05, 0) is 25.0 Å². The van der Waals surface area contributed by atoms with Gasteiger partial charge in [0.2, 0.25) is 0 Å². The van der Waals surface area contributed by atoms with Gasteiger partial charge < -0.3 is 24.3 Å². The summed E-state index contributed by atoms with van der Waals surface area (Å²) in [6.07, 6.45) is 3.39. The van der Waals surface area contributed by atoms with E-state index in [0.29, 0.717) is 18.0 Å². The molecule has 0 aliphatic carbocycles. The highest BCUT2D eigenvalue weighted by molar-refractivity contribution is 6.15. The monoisotopic (exact) mass is 347 g/mol. The van der Waals surface area contributed by atoms with Crippen molar-refractivity contribution in [1.82, 2.24) is 0 Å². The average Bonchev–Trinajstić information content (AvgIpc) is 3.05. The maximum Gasteiger partial charge on any atom is 0.350 e. The number of para-hydroxylation sites is 2. The summed E-state index contributed by atoms with van der Waals surface area (Å²) in [5.41, 5.74) is 0.423. The number of esters is 2. The number of hydrogen-bond acceptors (Lipinski definition) is 7. The second-order valence-electron chi connectivity index (χ2n) is 6.32. The molecule has 0 radical (unpaired) electrons. The summed E-state index contributed by atoms with van der Waals surface area (Å²) in [7, 11) is 0. The summed E-state index contributed by atoms with van der Waals surface area (Å²) in [6, 6.07) is 7.25. The van der Waals surface area contributed by atoms with E-state index in [-0.39, 0.29) is 11.7 Å². The average molecular weight is 347 g/mol. The third kappa shape index (κ3) is 4.30. The van der Waals surface area contributed by atoms with Crippen molar-refractivity contribution in [2.75, 3.05) is 18.5 Å². The van der Waals surface area contributed by atoms with Gasteiger partial charge in [0.05, 0.1) is 11.8 Å². The van der Waals surface area contributed by atoms with Crippen molar-refractivity contribution >= 4 is 17.6 Å². The lowest BCUT2D eigenvalue weighted by Gasteiger charge is -2.29. The summed E-state index contributed by atoms with van der Waals surface area (Å²) >= 11 is 0. The first-order valence-electron chi connectivity index (χ1n) is 8.21. The highest BCUT2D eigenvalue weighted by Gasteiger charge is 2.39. The molecule has 0 aromatic heterocycles. The molecule has 1 atom stereocenters. The largest absolute Gasteiger partial charge is 0.489 e. The number of cyclic esters (lactones) is 2. The Kier molecular flexibility index (Phi) is 4.94. The quantitative estimate of drug-likeness (QED) is 0.497. The van der Waals surface area contributed by atoms with Crippen molar-refractivity contribution in [2.45, 2.75) is 38.6 Å². The van der Waals surface area contributed by atoms with Crippen LogP contribution in [0.3, 0.4) is 0 Å². The van der Waals surface area contributed by atoms with Crippen LogP contribution in [0.4, 0.5) is 5.69 Å². The minimum absolute atomic E-state index is 0.0944. The highest BCUT2D eigenvalue weighted by Crippen LogP contribution is 2.27. The van der Waals surface area contributed by atoms with Gasteiger partial charge in [-0.3, -0.25) is 0 Å². The van der Waals surface area contributed by atoms with Crippen LogP contribution in [0.5, 0.6) is 5.75 Å². The third-order valence-corrected chi connectivity index (χ3v) is 3.82. The zero-order valence-electron chi connectivity index (χ0n) is 14.2. The molecule has 2 saturated heterocycles. The van der Waals surface area contributed by atoms with Crippen molar-refractivity contribution in [3.8, 4) is 5.75 Å². The second-order valence-corrected chi connectivity index (χ2v) is 6.32. The number of anilines is 1. The van der Waals surface area contributed by atoms with Gasteiger partial charge >= 0.3 is 11.9 Å². The summed E-state index contributed by atoms with van der Waals surface area (Å²) in [5.74, 6) is -2.11. The minimum atomic E-state index is -1.26. The van der Waals surface area contributed by atoms with Crippen LogP contribution in [0.2, 0.25) is 0 Å². The molecular formula is C18H21NO6. The predicted molar refractivity (Wildman–Crippen MR) is 88.9 cm³/mol. The summed E-state index contributed by atoms with van der Waals surface area (Å²) in [5, 5.41) is 2.92. The van der Waals surface area contributed by atoms with Crippen LogP contribution < -0.4 is 10.1 Å². The van der Waals surface area contributed by atoms with Crippen LogP contribution in [0.25, 0.3) is 0 Å². The topological polar surface area (TPSA) is 83.1 Å². The van der Waals surface area contributed by atoms with E-state index < -0.39 is 17.7 Å². The van der Waals surface area contributed by atoms with Crippen molar-refractivity contribution in [1.29, 1.82) is 0 Å². The van der Waals surface area contributed by atoms with E-state index in [4.69, 9.17) is 18.9 Å². The SMILES string of the molecule is CC1(C)OC(=O)C(=CNc2ccccc2OCC2CCCO2)C(=O)O1. The minimum Gasteiger partial charge on any atom is -0.489 e. The molecule has 1 N–H and O–H groups in total. The zero-order valence-corrected chi connectivity index (χ0v) is 14.2. The molecule has 0 saturated carbocycles. The number of ether oxygens (including phenoxy) is 4. The lowest BCUT2D eigenvalue weighted by Crippen LogP contribution is -2.42. The van der Waals surface area contributed by atoms with E-state index >= 15 is 0 Å². The van der Waals surface area contributed by atoms with Gasteiger partial charge in [0, 0.05) is 26.7 Å². The smallest absolute Gasteiger partial charge is 0.350 e. The molecule has 25 heavy (non-hydrogen) atoms. The standard InChI is InChI=1S/C18H21NO6/c1-18(2)24-16(20)13(17(21)25-18)10-19-14-7-3-4-8-15(14)23-11-12-6-5-9-22-12/h3-4,7-8,10,12,19H,5-6,9,11H2,1-2H3. The first kappa shape index (κ1) is 17.3. The van der Waals surface area contributed by atoms with Gasteiger partial charge in [0.1, 0.15) is 12.4 Å². The Bertz CT molecular complexity index is 669. The van der Waals surface area contributed by atoms with Gasteiger partial charge in [-0.2, -0.15) is 0 Å². The fourth-order valence-electron chi connectivity index (χ4n) is 2.60. The zero-order chi connectivity index (χ0) is 17.9. The van der Waals surface area contributed by atoms with E-state index in [2.05, 4.69) is 5.32 Å². The fraction of sp³-hybridized carbons (Fsp3) is 0.444. The molecule has 2 aliphatic heterocycles. The van der Waals surface area contributed by atoms with Crippen molar-refractivity contribution < 1.29 is 28.5 Å². The van der Waals surface area contributed by atoms with Crippen molar-refractivity contribution in [3.05, 3.63) is 36.0 Å². The van der Waals surface area contributed by atoms with Crippen LogP contribution in [0.15, 0.2) is 36.0 Å². The van der Waals surface area contributed by atoms with Crippen molar-refractivity contribution in [3.63, 3.8) is 0 Å². The van der Waals surface area contributed by atoms with Crippen LogP contribution in [0, 0.1) is 0 Å². The molecule has 1 aromatic rings. The molecule has 134 valence electrons. The molecule has 1 unspecified atom stereocenters. The first-order chi connectivity index (χ1) is 11.9. The Balaban J connectivity index is 1.68. The molecule has 7 nitrogen and oxygen atoms in total. The summed E-state index contributed by atoms with van der Waals surface area (Å²) in [4.78, 5) is 23.9. The fourth-order valence-corrected chi connectivity index (χ4v) is 2.60. The molecular weight excluding hydrogens is 326 g/mol. The van der Waals surface area contributed by atoms with Gasteiger partial charge in [-0.15, -0.1) is 0 Å². The molecule has 2 aliphatic rings. The molecule has 0 spiro atoms. The van der Waals surface area contributed by atoms with Gasteiger partial charge in [-0.1, -0.05) is 12.1 Å². The first-order valence-corrected chi connectivity index (χ1v) is 8.21. The molecule has 2 heterocycles. The second kappa shape index (κ2) is 7.14. The summed E-state index contributed by atoms with van der Waals surface area (Å²) in [6.45, 7) is 4.22. The van der Waals surface area contributed by atoms with E-state index in [1.54, 1.807) is 12.1 Å². The maximum atomic E-state index is 11.9. The molecule has 2 fully saturated rings. The molecule has 1 aromatic carbocycles. The van der Waals surface area contributed by atoms with E-state index in [1.165, 1.54) is 20.0 Å². The van der Waals surface area contributed by atoms with Gasteiger partial charge in [0.25, 0.3) is 5.79 Å². The number of hydrogen-bond donors (Lipinski definition) is 1. The molecule has 0 bridgehead atoms. The van der Waals surface area contributed by atoms with Gasteiger partial charge in [-0.25, -0.2) is 9.59 Å². The Morgan fingerprint density at radius 2 is 1.96 bits per heavy atom. The Morgan fingerprint density at radius 3 is 2.64 bits per heavy atom. The Labute approximate surface area is 145 Å². The lowest BCUT2D eigenvalue weighted by molar-refractivity contribution is -0.222. The number of rotatable bonds is 5. The van der Waals surface area contributed by atoms with Crippen LogP contribution in [0.1, 0.15) is 26.7 Å². The van der Waals surface area contributed by atoms with E-state index in [0.717, 1.165) is 19.4 Å². The third-order valence-electron chi connectivity index (χ3n) is 3.82. The predicted octanol–water partition coefficient (Wildman–Crippen LogP) is 2.38.